The van der Waals surface area contributed by atoms with Crippen LogP contribution < -0.4 is 19.6 Å². The molecule has 39 heavy (non-hydrogen) atoms. The molecule has 11 heteroatoms. The maximum absolute atomic E-state index is 14.2. The summed E-state index contributed by atoms with van der Waals surface area (Å²) in [5.41, 5.74) is 1.68. The zero-order chi connectivity index (χ0) is 27.7. The Morgan fingerprint density at radius 2 is 2.05 bits per heavy atom. The van der Waals surface area contributed by atoms with Crippen molar-refractivity contribution in [1.29, 1.82) is 0 Å². The van der Waals surface area contributed by atoms with Gasteiger partial charge in [0, 0.05) is 20.5 Å². The summed E-state index contributed by atoms with van der Waals surface area (Å²) in [6, 6.07) is 13.3. The van der Waals surface area contributed by atoms with E-state index in [0.29, 0.717) is 37.5 Å². The van der Waals surface area contributed by atoms with Crippen molar-refractivity contribution in [1.82, 2.24) is 4.57 Å². The van der Waals surface area contributed by atoms with Crippen LogP contribution >= 0.6 is 61.2 Å². The molecule has 0 N–H and O–H groups in total. The molecule has 200 valence electrons. The molecule has 0 aliphatic carbocycles. The van der Waals surface area contributed by atoms with Gasteiger partial charge in [0.15, 0.2) is 4.80 Å². The maximum atomic E-state index is 14.2. The molecular weight excluding hydrogens is 718 g/mol. The molecule has 0 fully saturated rings. The number of thiazole rings is 1. The van der Waals surface area contributed by atoms with Crippen molar-refractivity contribution in [2.24, 2.45) is 4.99 Å². The molecule has 4 aromatic rings. The molecule has 5 rings (SSSR count). The first kappa shape index (κ1) is 27.9. The van der Waals surface area contributed by atoms with E-state index in [1.165, 1.54) is 28.7 Å². The second-order valence-corrected chi connectivity index (χ2v) is 12.6. The van der Waals surface area contributed by atoms with E-state index in [4.69, 9.17) is 9.47 Å². The first-order valence-electron chi connectivity index (χ1n) is 11.9. The number of aromatic nitrogens is 1. The van der Waals surface area contributed by atoms with Crippen LogP contribution in [0.1, 0.15) is 35.9 Å². The number of nitrogens with zero attached hydrogens (tertiary/aromatic N) is 2. The number of thiophene rings is 1. The third-order valence-electron chi connectivity index (χ3n) is 5.98. The molecule has 1 atom stereocenters. The van der Waals surface area contributed by atoms with E-state index < -0.39 is 12.0 Å². The molecule has 3 heterocycles. The van der Waals surface area contributed by atoms with Crippen molar-refractivity contribution in [2.45, 2.75) is 26.5 Å². The van der Waals surface area contributed by atoms with Crippen molar-refractivity contribution in [3.05, 3.63) is 115 Å². The molecule has 6 nitrogen and oxygen atoms in total. The van der Waals surface area contributed by atoms with Gasteiger partial charge in [0.1, 0.15) is 24.2 Å². The normalized spacial score (nSPS) is 15.2. The number of fused-ring (bicyclic) bond motifs is 1. The molecule has 0 unspecified atom stereocenters. The smallest absolute Gasteiger partial charge is 0.338 e. The summed E-state index contributed by atoms with van der Waals surface area (Å²) in [5, 5.41) is 1.91. The van der Waals surface area contributed by atoms with Crippen molar-refractivity contribution < 1.29 is 18.7 Å². The Morgan fingerprint density at radius 1 is 1.26 bits per heavy atom. The maximum Gasteiger partial charge on any atom is 0.338 e. The standard InChI is InChI=1S/C28H21BrFIN2O4S2/c1-3-36-27(35)23-15(2)32-28-33(24(23)21-9-6-10-38-21)26(34)22(39-28)12-17-11-18(29)13-20(31)25(17)37-14-16-7-4-5-8-19(16)30/h4-13,24H,3,14H2,1-2H3/b22-12-/t24-/m0/s1. The Bertz CT molecular complexity index is 1780. The lowest BCUT2D eigenvalue weighted by Gasteiger charge is -2.23. The lowest BCUT2D eigenvalue weighted by atomic mass is 10.0. The number of allylic oxidation sites excluding steroid dienone is 1. The number of ether oxygens (including phenoxy) is 2. The van der Waals surface area contributed by atoms with Gasteiger partial charge in [0.2, 0.25) is 0 Å². The van der Waals surface area contributed by atoms with Crippen molar-refractivity contribution in [3.63, 3.8) is 0 Å². The number of carbonyl (C=O) groups is 1. The van der Waals surface area contributed by atoms with Crippen LogP contribution in [0.4, 0.5) is 4.39 Å². The third kappa shape index (κ3) is 5.67. The van der Waals surface area contributed by atoms with E-state index in [1.807, 2.05) is 29.6 Å². The summed E-state index contributed by atoms with van der Waals surface area (Å²) < 4.78 is 29.2. The molecule has 0 spiro atoms. The van der Waals surface area contributed by atoms with Crippen molar-refractivity contribution >= 4 is 73.2 Å². The van der Waals surface area contributed by atoms with Gasteiger partial charge in [-0.05, 0) is 72.2 Å². The highest BCUT2D eigenvalue weighted by atomic mass is 127. The molecule has 0 radical (unpaired) electrons. The number of benzene rings is 2. The Labute approximate surface area is 253 Å². The van der Waals surface area contributed by atoms with E-state index in [9.17, 15) is 14.0 Å². The van der Waals surface area contributed by atoms with Crippen molar-refractivity contribution in [3.8, 4) is 5.75 Å². The van der Waals surface area contributed by atoms with Gasteiger partial charge in [0.05, 0.1) is 26.0 Å². The van der Waals surface area contributed by atoms with E-state index in [-0.39, 0.29) is 24.6 Å². The van der Waals surface area contributed by atoms with Crippen LogP contribution in [0.25, 0.3) is 6.08 Å². The summed E-state index contributed by atoms with van der Waals surface area (Å²) in [4.78, 5) is 32.8. The molecule has 2 aromatic heterocycles. The van der Waals surface area contributed by atoms with Gasteiger partial charge in [-0.15, -0.1) is 11.3 Å². The van der Waals surface area contributed by atoms with Crippen LogP contribution in [0.5, 0.6) is 5.75 Å². The first-order chi connectivity index (χ1) is 18.8. The number of esters is 1. The van der Waals surface area contributed by atoms with Gasteiger partial charge in [-0.3, -0.25) is 9.36 Å². The SMILES string of the molecule is CCOC(=O)C1=C(C)N=c2s/c(=C\c3cc(Br)cc(I)c3OCc3ccccc3F)c(=O)n2[C@H]1c1cccs1. The monoisotopic (exact) mass is 738 g/mol. The number of hydrogen-bond acceptors (Lipinski definition) is 7. The number of hydrogen-bond donors (Lipinski definition) is 0. The van der Waals surface area contributed by atoms with Crippen LogP contribution in [-0.4, -0.2) is 17.1 Å². The van der Waals surface area contributed by atoms with Crippen LogP contribution in [-0.2, 0) is 16.1 Å². The van der Waals surface area contributed by atoms with Gasteiger partial charge < -0.3 is 9.47 Å². The van der Waals surface area contributed by atoms with Crippen molar-refractivity contribution in [2.75, 3.05) is 6.61 Å². The van der Waals surface area contributed by atoms with Gasteiger partial charge in [-0.2, -0.15) is 0 Å². The molecule has 1 aliphatic rings. The van der Waals surface area contributed by atoms with Crippen LogP contribution in [0.2, 0.25) is 0 Å². The Morgan fingerprint density at radius 3 is 2.77 bits per heavy atom. The topological polar surface area (TPSA) is 69.9 Å². The second kappa shape index (κ2) is 11.9. The average molecular weight is 739 g/mol. The Hall–Kier alpha value is -2.61. The minimum absolute atomic E-state index is 0.0346. The zero-order valence-electron chi connectivity index (χ0n) is 20.7. The van der Waals surface area contributed by atoms with Gasteiger partial charge >= 0.3 is 5.97 Å². The zero-order valence-corrected chi connectivity index (χ0v) is 26.1. The molecular formula is C28H21BrFIN2O4S2. The average Bonchev–Trinajstić information content (AvgIpc) is 3.52. The van der Waals surface area contributed by atoms with Gasteiger partial charge in [-0.1, -0.05) is 51.5 Å². The minimum Gasteiger partial charge on any atom is -0.487 e. The molecule has 2 aromatic carbocycles. The predicted molar refractivity (Wildman–Crippen MR) is 162 cm³/mol. The van der Waals surface area contributed by atoms with Crippen LogP contribution in [0.3, 0.4) is 0 Å². The highest BCUT2D eigenvalue weighted by molar-refractivity contribution is 14.1. The summed E-state index contributed by atoms with van der Waals surface area (Å²) in [5.74, 6) is -0.302. The van der Waals surface area contributed by atoms with E-state index >= 15 is 0 Å². The summed E-state index contributed by atoms with van der Waals surface area (Å²) in [7, 11) is 0. The third-order valence-corrected chi connectivity index (χ3v) is 9.15. The second-order valence-electron chi connectivity index (χ2n) is 8.50. The minimum atomic E-state index is -0.637. The molecule has 0 bridgehead atoms. The van der Waals surface area contributed by atoms with Gasteiger partial charge in [0.25, 0.3) is 5.56 Å². The summed E-state index contributed by atoms with van der Waals surface area (Å²) in [6.45, 7) is 3.75. The first-order valence-corrected chi connectivity index (χ1v) is 15.4. The number of halogens is 3. The number of rotatable bonds is 7. The summed E-state index contributed by atoms with van der Waals surface area (Å²) in [6.07, 6.45) is 1.75. The number of carbonyl (C=O) groups excluding carboxylic acids is 1. The van der Waals surface area contributed by atoms with E-state index in [1.54, 1.807) is 42.7 Å². The van der Waals surface area contributed by atoms with E-state index in [2.05, 4.69) is 43.5 Å². The fourth-order valence-corrected chi connectivity index (χ4v) is 7.82. The molecule has 1 aliphatic heterocycles. The lowest BCUT2D eigenvalue weighted by molar-refractivity contribution is -0.139. The van der Waals surface area contributed by atoms with Crippen LogP contribution in [0, 0.1) is 9.39 Å². The highest BCUT2D eigenvalue weighted by Crippen LogP contribution is 2.34. The van der Waals surface area contributed by atoms with E-state index in [0.717, 1.165) is 12.9 Å². The quantitative estimate of drug-likeness (QED) is 0.174. The largest absolute Gasteiger partial charge is 0.487 e. The molecule has 0 saturated heterocycles. The lowest BCUT2D eigenvalue weighted by Crippen LogP contribution is -2.39. The predicted octanol–water partition coefficient (Wildman–Crippen LogP) is 5.95. The molecule has 0 amide bonds. The Kier molecular flexibility index (Phi) is 8.50. The summed E-state index contributed by atoms with van der Waals surface area (Å²) >= 11 is 8.39. The fourth-order valence-electron chi connectivity index (χ4n) is 4.25. The van der Waals surface area contributed by atoms with Gasteiger partial charge in [-0.25, -0.2) is 14.2 Å². The fraction of sp³-hybridized carbons (Fsp3) is 0.179. The molecule has 0 saturated carbocycles. The highest BCUT2D eigenvalue weighted by Gasteiger charge is 2.34. The van der Waals surface area contributed by atoms with Crippen LogP contribution in [0.15, 0.2) is 79.4 Å². The Balaban J connectivity index is 1.63.